The molecule has 0 aliphatic carbocycles. The Morgan fingerprint density at radius 1 is 1.04 bits per heavy atom. The van der Waals surface area contributed by atoms with Gasteiger partial charge < -0.3 is 5.32 Å². The SMILES string of the molecule is CCc1ccccc1NC(=O)C(CC)Sc1ccc2ccccc2n1. The number of nitrogens with zero attached hydrogens (tertiary/aromatic N) is 1. The zero-order chi connectivity index (χ0) is 17.6. The second-order valence-electron chi connectivity index (χ2n) is 5.86. The Labute approximate surface area is 152 Å². The van der Waals surface area contributed by atoms with Gasteiger partial charge in [-0.05, 0) is 36.6 Å². The van der Waals surface area contributed by atoms with E-state index >= 15 is 0 Å². The molecule has 3 nitrogen and oxygen atoms in total. The fourth-order valence-corrected chi connectivity index (χ4v) is 3.67. The van der Waals surface area contributed by atoms with Gasteiger partial charge in [-0.3, -0.25) is 4.79 Å². The molecular formula is C21H22N2OS. The predicted molar refractivity (Wildman–Crippen MR) is 106 cm³/mol. The van der Waals surface area contributed by atoms with Crippen LogP contribution in [0.1, 0.15) is 25.8 Å². The smallest absolute Gasteiger partial charge is 0.237 e. The van der Waals surface area contributed by atoms with Crippen molar-refractivity contribution in [1.82, 2.24) is 4.98 Å². The van der Waals surface area contributed by atoms with Crippen LogP contribution in [0.25, 0.3) is 10.9 Å². The van der Waals surface area contributed by atoms with Crippen molar-refractivity contribution < 1.29 is 4.79 Å². The summed E-state index contributed by atoms with van der Waals surface area (Å²) in [6, 6.07) is 20.0. The third-order valence-electron chi connectivity index (χ3n) is 4.16. The number of rotatable bonds is 6. The van der Waals surface area contributed by atoms with Crippen molar-refractivity contribution in [1.29, 1.82) is 0 Å². The van der Waals surface area contributed by atoms with Crippen LogP contribution in [0.4, 0.5) is 5.69 Å². The molecule has 2 aromatic carbocycles. The summed E-state index contributed by atoms with van der Waals surface area (Å²) in [5, 5.41) is 4.91. The number of aromatic nitrogens is 1. The van der Waals surface area contributed by atoms with Crippen LogP contribution in [0.15, 0.2) is 65.7 Å². The summed E-state index contributed by atoms with van der Waals surface area (Å²) in [6.45, 7) is 4.13. The zero-order valence-electron chi connectivity index (χ0n) is 14.5. The van der Waals surface area contributed by atoms with Crippen molar-refractivity contribution in [3.8, 4) is 0 Å². The molecule has 0 saturated carbocycles. The predicted octanol–water partition coefficient (Wildman–Crippen LogP) is 5.31. The normalized spacial score (nSPS) is 12.1. The first-order valence-electron chi connectivity index (χ1n) is 8.62. The number of hydrogen-bond donors (Lipinski definition) is 1. The summed E-state index contributed by atoms with van der Waals surface area (Å²) in [6.07, 6.45) is 1.64. The van der Waals surface area contributed by atoms with Crippen LogP contribution in [-0.2, 0) is 11.2 Å². The number of benzene rings is 2. The Morgan fingerprint density at radius 2 is 1.80 bits per heavy atom. The minimum atomic E-state index is -0.168. The Bertz CT molecular complexity index is 878. The molecule has 0 radical (unpaired) electrons. The van der Waals surface area contributed by atoms with Crippen LogP contribution < -0.4 is 5.32 Å². The minimum Gasteiger partial charge on any atom is -0.325 e. The third-order valence-corrected chi connectivity index (χ3v) is 5.46. The van der Waals surface area contributed by atoms with E-state index < -0.39 is 0 Å². The maximum atomic E-state index is 12.7. The van der Waals surface area contributed by atoms with E-state index in [4.69, 9.17) is 0 Å². The molecule has 0 saturated heterocycles. The van der Waals surface area contributed by atoms with E-state index in [2.05, 4.69) is 29.4 Å². The topological polar surface area (TPSA) is 42.0 Å². The molecule has 1 N–H and O–H groups in total. The Kier molecular flexibility index (Phi) is 5.71. The highest BCUT2D eigenvalue weighted by Crippen LogP contribution is 2.27. The molecule has 1 unspecified atom stereocenters. The van der Waals surface area contributed by atoms with Crippen molar-refractivity contribution >= 4 is 34.3 Å². The summed E-state index contributed by atoms with van der Waals surface area (Å²) >= 11 is 1.52. The fraction of sp³-hybridized carbons (Fsp3) is 0.238. The van der Waals surface area contributed by atoms with Crippen molar-refractivity contribution in [2.45, 2.75) is 37.0 Å². The Hall–Kier alpha value is -2.33. The van der Waals surface area contributed by atoms with Gasteiger partial charge in [0.2, 0.25) is 5.91 Å². The summed E-state index contributed by atoms with van der Waals surface area (Å²) in [5.74, 6) is 0.0309. The monoisotopic (exact) mass is 350 g/mol. The van der Waals surface area contributed by atoms with Crippen molar-refractivity contribution in [2.24, 2.45) is 0 Å². The molecule has 0 aliphatic heterocycles. The molecular weight excluding hydrogens is 328 g/mol. The van der Waals surface area contributed by atoms with Crippen LogP contribution >= 0.6 is 11.8 Å². The van der Waals surface area contributed by atoms with Crippen molar-refractivity contribution in [2.75, 3.05) is 5.32 Å². The van der Waals surface area contributed by atoms with Gasteiger partial charge >= 0.3 is 0 Å². The quantitative estimate of drug-likeness (QED) is 0.613. The number of hydrogen-bond acceptors (Lipinski definition) is 3. The molecule has 1 heterocycles. The molecule has 0 spiro atoms. The molecule has 1 atom stereocenters. The summed E-state index contributed by atoms with van der Waals surface area (Å²) < 4.78 is 0. The number of anilines is 1. The molecule has 1 amide bonds. The highest BCUT2D eigenvalue weighted by atomic mass is 32.2. The number of carbonyl (C=O) groups is 1. The summed E-state index contributed by atoms with van der Waals surface area (Å²) in [7, 11) is 0. The molecule has 3 aromatic rings. The molecule has 128 valence electrons. The van der Waals surface area contributed by atoms with Crippen LogP contribution in [-0.4, -0.2) is 16.1 Å². The number of fused-ring (bicyclic) bond motifs is 1. The van der Waals surface area contributed by atoms with E-state index in [9.17, 15) is 4.79 Å². The average molecular weight is 350 g/mol. The van der Waals surface area contributed by atoms with Gasteiger partial charge in [-0.1, -0.05) is 68.1 Å². The highest BCUT2D eigenvalue weighted by molar-refractivity contribution is 8.00. The van der Waals surface area contributed by atoms with E-state index in [-0.39, 0.29) is 11.2 Å². The first-order valence-corrected chi connectivity index (χ1v) is 9.50. The van der Waals surface area contributed by atoms with Crippen LogP contribution in [0.3, 0.4) is 0 Å². The summed E-state index contributed by atoms with van der Waals surface area (Å²) in [4.78, 5) is 17.4. The highest BCUT2D eigenvalue weighted by Gasteiger charge is 2.19. The van der Waals surface area contributed by atoms with Gasteiger partial charge in [0.05, 0.1) is 15.8 Å². The molecule has 3 rings (SSSR count). The molecule has 1 aromatic heterocycles. The Balaban J connectivity index is 1.75. The third kappa shape index (κ3) is 4.20. The van der Waals surface area contributed by atoms with E-state index in [1.165, 1.54) is 11.8 Å². The lowest BCUT2D eigenvalue weighted by atomic mass is 10.1. The molecule has 25 heavy (non-hydrogen) atoms. The van der Waals surface area contributed by atoms with E-state index in [0.717, 1.165) is 40.0 Å². The van der Waals surface area contributed by atoms with Gasteiger partial charge in [-0.15, -0.1) is 0 Å². The standard InChI is InChI=1S/C21H22N2OS/c1-3-15-9-5-7-11-17(15)23-21(24)19(4-2)25-20-14-13-16-10-6-8-12-18(16)22-20/h5-14,19H,3-4H2,1-2H3,(H,23,24). The zero-order valence-corrected chi connectivity index (χ0v) is 15.3. The number of carbonyl (C=O) groups excluding carboxylic acids is 1. The van der Waals surface area contributed by atoms with Crippen LogP contribution in [0.2, 0.25) is 0 Å². The van der Waals surface area contributed by atoms with Gasteiger partial charge in [0.15, 0.2) is 0 Å². The second-order valence-corrected chi connectivity index (χ2v) is 7.08. The maximum Gasteiger partial charge on any atom is 0.237 e. The lowest BCUT2D eigenvalue weighted by Crippen LogP contribution is -2.25. The molecule has 0 fully saturated rings. The average Bonchev–Trinajstić information content (AvgIpc) is 2.66. The minimum absolute atomic E-state index is 0.0309. The number of pyridine rings is 1. The molecule has 4 heteroatoms. The van der Waals surface area contributed by atoms with Crippen LogP contribution in [0, 0.1) is 0 Å². The first kappa shape index (κ1) is 17.5. The van der Waals surface area contributed by atoms with Gasteiger partial charge in [0, 0.05) is 11.1 Å². The second kappa shape index (κ2) is 8.17. The first-order chi connectivity index (χ1) is 12.2. The van der Waals surface area contributed by atoms with Gasteiger partial charge in [-0.25, -0.2) is 4.98 Å². The van der Waals surface area contributed by atoms with Gasteiger partial charge in [0.1, 0.15) is 0 Å². The fourth-order valence-electron chi connectivity index (χ4n) is 2.74. The van der Waals surface area contributed by atoms with Gasteiger partial charge in [-0.2, -0.15) is 0 Å². The lowest BCUT2D eigenvalue weighted by Gasteiger charge is -2.16. The largest absolute Gasteiger partial charge is 0.325 e. The van der Waals surface area contributed by atoms with E-state index in [1.807, 2.05) is 55.5 Å². The van der Waals surface area contributed by atoms with Crippen LogP contribution in [0.5, 0.6) is 0 Å². The number of aryl methyl sites for hydroxylation is 1. The van der Waals surface area contributed by atoms with Gasteiger partial charge in [0.25, 0.3) is 0 Å². The summed E-state index contributed by atoms with van der Waals surface area (Å²) in [5.41, 5.74) is 3.01. The molecule has 0 aliphatic rings. The number of amides is 1. The number of para-hydroxylation sites is 2. The maximum absolute atomic E-state index is 12.7. The number of thioether (sulfide) groups is 1. The Morgan fingerprint density at radius 3 is 2.60 bits per heavy atom. The molecule has 0 bridgehead atoms. The van der Waals surface area contributed by atoms with E-state index in [1.54, 1.807) is 0 Å². The van der Waals surface area contributed by atoms with Crippen molar-refractivity contribution in [3.63, 3.8) is 0 Å². The van der Waals surface area contributed by atoms with Crippen molar-refractivity contribution in [3.05, 3.63) is 66.2 Å². The lowest BCUT2D eigenvalue weighted by molar-refractivity contribution is -0.115. The van der Waals surface area contributed by atoms with E-state index in [0.29, 0.717) is 0 Å². The number of nitrogens with one attached hydrogen (secondary N) is 1.